The van der Waals surface area contributed by atoms with Crippen LogP contribution in [0, 0.1) is 11.3 Å². The maximum Gasteiger partial charge on any atom is 0.0875 e. The monoisotopic (exact) mass is 442 g/mol. The lowest BCUT2D eigenvalue weighted by Gasteiger charge is -2.36. The third-order valence-electron chi connectivity index (χ3n) is 5.60. The van der Waals surface area contributed by atoms with Crippen molar-refractivity contribution in [3.05, 3.63) is 35.9 Å². The molecule has 0 spiro atoms. The third-order valence-corrected chi connectivity index (χ3v) is 5.60. The van der Waals surface area contributed by atoms with E-state index in [2.05, 4.69) is 58.2 Å². The molecule has 0 amide bonds. The normalized spacial score (nSPS) is 13.6. The van der Waals surface area contributed by atoms with Crippen molar-refractivity contribution >= 4 is 0 Å². The molecule has 1 unspecified atom stereocenters. The number of quaternary nitrogens is 1. The molecule has 0 saturated carbocycles. The molecule has 1 aromatic carbocycles. The summed E-state index contributed by atoms with van der Waals surface area (Å²) in [6.07, 6.45) is 6.84. The summed E-state index contributed by atoms with van der Waals surface area (Å²) in [6.45, 7) is 10.1. The Bertz CT molecular complexity index is 476. The molecular weight excluding hydrogens is 407 g/mol. The molecular formula is C21H35IN2. The van der Waals surface area contributed by atoms with Gasteiger partial charge in [-0.1, -0.05) is 62.9 Å². The van der Waals surface area contributed by atoms with Gasteiger partial charge in [-0.15, -0.1) is 0 Å². The van der Waals surface area contributed by atoms with Gasteiger partial charge in [0.25, 0.3) is 0 Å². The predicted molar refractivity (Wildman–Crippen MR) is 99.2 cm³/mol. The van der Waals surface area contributed by atoms with Crippen LogP contribution in [0.4, 0.5) is 0 Å². The zero-order valence-corrected chi connectivity index (χ0v) is 18.2. The Morgan fingerprint density at radius 3 is 2.08 bits per heavy atom. The number of nitrogens with zero attached hydrogens (tertiary/aromatic N) is 2. The van der Waals surface area contributed by atoms with Crippen molar-refractivity contribution in [3.63, 3.8) is 0 Å². The van der Waals surface area contributed by atoms with E-state index in [9.17, 15) is 5.26 Å². The first-order valence-electron chi connectivity index (χ1n) is 9.36. The first kappa shape index (κ1) is 23.4. The van der Waals surface area contributed by atoms with E-state index in [1.807, 2.05) is 6.07 Å². The summed E-state index contributed by atoms with van der Waals surface area (Å²) in [5.74, 6) is 0. The van der Waals surface area contributed by atoms with Crippen LogP contribution in [-0.2, 0) is 5.41 Å². The van der Waals surface area contributed by atoms with Gasteiger partial charge in [-0.25, -0.2) is 0 Å². The summed E-state index contributed by atoms with van der Waals surface area (Å²) < 4.78 is 1.05. The minimum atomic E-state index is -0.321. The molecule has 0 aliphatic heterocycles. The summed E-state index contributed by atoms with van der Waals surface area (Å²) in [6, 6.07) is 13.2. The molecule has 1 atom stereocenters. The van der Waals surface area contributed by atoms with Crippen LogP contribution in [-0.4, -0.2) is 31.2 Å². The fourth-order valence-corrected chi connectivity index (χ4v) is 3.20. The van der Waals surface area contributed by atoms with E-state index in [0.29, 0.717) is 0 Å². The lowest BCUT2D eigenvalue weighted by Crippen LogP contribution is -3.00. The standard InChI is InChI=1S/C21H35N2.HI/c1-5-8-9-13-16-21(19-22,20-14-11-10-12-15-20)17-18-23(4,6-2)7-3;/h10-12,14-15H,5-9,13,16-18H2,1-4H3;1H/q+1;/p-1. The van der Waals surface area contributed by atoms with Crippen molar-refractivity contribution in [2.24, 2.45) is 0 Å². The first-order chi connectivity index (χ1) is 11.1. The van der Waals surface area contributed by atoms with Gasteiger partial charge in [-0.3, -0.25) is 0 Å². The summed E-state index contributed by atoms with van der Waals surface area (Å²) in [5, 5.41) is 10.1. The Balaban J connectivity index is 0.00000529. The lowest BCUT2D eigenvalue weighted by atomic mass is 9.74. The molecule has 0 heterocycles. The second kappa shape index (κ2) is 11.9. The SMILES string of the molecule is CCCCCCC(C#N)(CC[N+](C)(CC)CC)c1ccccc1.[I-]. The molecule has 136 valence electrons. The maximum absolute atomic E-state index is 10.1. The highest BCUT2D eigenvalue weighted by Gasteiger charge is 2.34. The Kier molecular flexibility index (Phi) is 11.6. The van der Waals surface area contributed by atoms with Gasteiger partial charge in [0.15, 0.2) is 0 Å². The van der Waals surface area contributed by atoms with Crippen LogP contribution in [0.25, 0.3) is 0 Å². The molecule has 0 saturated heterocycles. The van der Waals surface area contributed by atoms with Gasteiger partial charge in [-0.2, -0.15) is 5.26 Å². The third kappa shape index (κ3) is 6.72. The summed E-state index contributed by atoms with van der Waals surface area (Å²) >= 11 is 0. The zero-order chi connectivity index (χ0) is 17.2. The first-order valence-corrected chi connectivity index (χ1v) is 9.36. The number of nitriles is 1. The minimum absolute atomic E-state index is 0. The number of hydrogen-bond donors (Lipinski definition) is 0. The van der Waals surface area contributed by atoms with E-state index >= 15 is 0 Å². The fourth-order valence-electron chi connectivity index (χ4n) is 3.20. The summed E-state index contributed by atoms with van der Waals surface area (Å²) in [4.78, 5) is 0. The van der Waals surface area contributed by atoms with Crippen molar-refractivity contribution in [2.75, 3.05) is 26.7 Å². The van der Waals surface area contributed by atoms with Crippen molar-refractivity contribution in [1.82, 2.24) is 0 Å². The van der Waals surface area contributed by atoms with Gasteiger partial charge in [-0.05, 0) is 25.8 Å². The van der Waals surface area contributed by atoms with E-state index in [-0.39, 0.29) is 29.4 Å². The molecule has 0 N–H and O–H groups in total. The van der Waals surface area contributed by atoms with Gasteiger partial charge < -0.3 is 28.5 Å². The van der Waals surface area contributed by atoms with E-state index in [1.165, 1.54) is 24.8 Å². The fraction of sp³-hybridized carbons (Fsp3) is 0.667. The van der Waals surface area contributed by atoms with E-state index < -0.39 is 0 Å². The van der Waals surface area contributed by atoms with Crippen LogP contribution in [0.15, 0.2) is 30.3 Å². The lowest BCUT2D eigenvalue weighted by molar-refractivity contribution is -0.906. The van der Waals surface area contributed by atoms with E-state index in [1.54, 1.807) is 0 Å². The number of rotatable bonds is 11. The molecule has 0 aromatic heterocycles. The Morgan fingerprint density at radius 2 is 1.58 bits per heavy atom. The number of benzene rings is 1. The Morgan fingerprint density at radius 1 is 0.958 bits per heavy atom. The van der Waals surface area contributed by atoms with Gasteiger partial charge in [0, 0.05) is 6.42 Å². The molecule has 2 nitrogen and oxygen atoms in total. The maximum atomic E-state index is 10.1. The topological polar surface area (TPSA) is 23.8 Å². The Hall–Kier alpha value is -0.600. The van der Waals surface area contributed by atoms with Gasteiger partial charge in [0.1, 0.15) is 0 Å². The van der Waals surface area contributed by atoms with Crippen molar-refractivity contribution in [2.45, 2.75) is 64.7 Å². The smallest absolute Gasteiger partial charge is 0.0875 e. The van der Waals surface area contributed by atoms with Crippen LogP contribution in [0.5, 0.6) is 0 Å². The molecule has 0 radical (unpaired) electrons. The van der Waals surface area contributed by atoms with Crippen LogP contribution < -0.4 is 24.0 Å². The molecule has 0 bridgehead atoms. The van der Waals surface area contributed by atoms with Crippen molar-refractivity contribution in [1.29, 1.82) is 5.26 Å². The minimum Gasteiger partial charge on any atom is -1.00 e. The summed E-state index contributed by atoms with van der Waals surface area (Å²) in [5.41, 5.74) is 0.886. The molecule has 1 rings (SSSR count). The second-order valence-corrected chi connectivity index (χ2v) is 7.10. The number of unbranched alkanes of at least 4 members (excludes halogenated alkanes) is 3. The van der Waals surface area contributed by atoms with Gasteiger partial charge in [0.05, 0.1) is 38.2 Å². The van der Waals surface area contributed by atoms with E-state index in [0.717, 1.165) is 43.4 Å². The van der Waals surface area contributed by atoms with Crippen LogP contribution in [0.2, 0.25) is 0 Å². The van der Waals surface area contributed by atoms with Crippen molar-refractivity contribution < 1.29 is 28.5 Å². The molecule has 0 aliphatic rings. The number of halogens is 1. The second-order valence-electron chi connectivity index (χ2n) is 7.10. The predicted octanol–water partition coefficient (Wildman–Crippen LogP) is 2.30. The average Bonchev–Trinajstić information content (AvgIpc) is 2.62. The zero-order valence-electron chi connectivity index (χ0n) is 16.0. The largest absolute Gasteiger partial charge is 1.00 e. The highest BCUT2D eigenvalue weighted by Crippen LogP contribution is 2.34. The molecule has 0 aliphatic carbocycles. The highest BCUT2D eigenvalue weighted by atomic mass is 127. The number of hydrogen-bond acceptors (Lipinski definition) is 1. The quantitative estimate of drug-likeness (QED) is 0.293. The van der Waals surface area contributed by atoms with Crippen LogP contribution >= 0.6 is 0 Å². The van der Waals surface area contributed by atoms with Crippen LogP contribution in [0.3, 0.4) is 0 Å². The molecule has 24 heavy (non-hydrogen) atoms. The molecule has 1 aromatic rings. The van der Waals surface area contributed by atoms with Gasteiger partial charge >= 0.3 is 0 Å². The van der Waals surface area contributed by atoms with Crippen molar-refractivity contribution in [3.8, 4) is 6.07 Å². The molecule has 3 heteroatoms. The average molecular weight is 442 g/mol. The highest BCUT2D eigenvalue weighted by molar-refractivity contribution is 5.32. The van der Waals surface area contributed by atoms with Crippen LogP contribution in [0.1, 0.15) is 64.9 Å². The van der Waals surface area contributed by atoms with Gasteiger partial charge in [0.2, 0.25) is 0 Å². The Labute approximate surface area is 166 Å². The molecule has 0 fully saturated rings. The summed E-state index contributed by atoms with van der Waals surface area (Å²) in [7, 11) is 2.31. The van der Waals surface area contributed by atoms with E-state index in [4.69, 9.17) is 0 Å².